The Morgan fingerprint density at radius 3 is 0.690 bits per heavy atom. The van der Waals surface area contributed by atoms with E-state index in [0.29, 0.717) is 39.6 Å². The molecule has 0 aliphatic heterocycles. The molecule has 0 rings (SSSR count). The Morgan fingerprint density at radius 2 is 0.571 bits per heavy atom. The first-order valence-corrected chi connectivity index (χ1v) is 31.9. The maximum absolute atomic E-state index is 5.68. The molecule has 42 heavy (non-hydrogen) atoms. The molecular formula is C28H68O8Si2Sn4. The molecule has 0 aliphatic rings. The average Bonchev–Trinajstić information content (AvgIpc) is 2.99. The monoisotopic (exact) mass is 1070 g/mol. The van der Waals surface area contributed by atoms with Gasteiger partial charge in [-0.05, 0) is 41.5 Å². The van der Waals surface area contributed by atoms with E-state index in [-0.39, 0.29) is 0 Å². The SMILES string of the molecule is CCC[CH2][Sn+]([CH2]CCC)[O][SnH].CCC[CH2][Sn+]([CH2]CCC)[O][SnH].CCO[Si-](OCC)OCC.CCO[Si-](OCC)OCC. The van der Waals surface area contributed by atoms with Crippen LogP contribution in [-0.4, -0.2) is 145 Å². The van der Waals surface area contributed by atoms with Crippen LogP contribution in [0.5, 0.6) is 0 Å². The molecule has 0 amide bonds. The zero-order chi connectivity index (χ0) is 32.7. The van der Waals surface area contributed by atoms with Crippen molar-refractivity contribution in [2.45, 2.75) is 138 Å². The van der Waals surface area contributed by atoms with Crippen molar-refractivity contribution < 1.29 is 29.4 Å². The third-order valence-corrected chi connectivity index (χ3v) is 33.4. The molecular weight excluding hydrogens is 995 g/mol. The fraction of sp³-hybridized carbons (Fsp3) is 1.00. The first-order chi connectivity index (χ1) is 20.4. The van der Waals surface area contributed by atoms with Crippen LogP contribution in [0.1, 0.15) is 121 Å². The van der Waals surface area contributed by atoms with Crippen LogP contribution in [0.25, 0.3) is 0 Å². The maximum Gasteiger partial charge on any atom is 0.215 e. The maximum atomic E-state index is 5.68. The summed E-state index contributed by atoms with van der Waals surface area (Å²) in [5.74, 6) is 0. The molecule has 0 bridgehead atoms. The Morgan fingerprint density at radius 1 is 0.381 bits per heavy atom. The summed E-state index contributed by atoms with van der Waals surface area (Å²) in [6, 6.07) is 0. The van der Waals surface area contributed by atoms with Crippen LogP contribution >= 0.6 is 0 Å². The molecule has 0 aromatic heterocycles. The molecule has 0 saturated carbocycles. The van der Waals surface area contributed by atoms with Crippen LogP contribution < -0.4 is 0 Å². The van der Waals surface area contributed by atoms with E-state index in [1.54, 1.807) is 0 Å². The van der Waals surface area contributed by atoms with Crippen LogP contribution in [0.2, 0.25) is 17.7 Å². The van der Waals surface area contributed by atoms with Gasteiger partial charge in [0.25, 0.3) is 0 Å². The van der Waals surface area contributed by atoms with E-state index in [2.05, 4.69) is 27.7 Å². The van der Waals surface area contributed by atoms with Crippen LogP contribution in [0.4, 0.5) is 0 Å². The van der Waals surface area contributed by atoms with Gasteiger partial charge in [0, 0.05) is 39.6 Å². The quantitative estimate of drug-likeness (QED) is 0.0861. The Kier molecular flexibility index (Phi) is 60.4. The largest absolute Gasteiger partial charge is 0.542 e. The van der Waals surface area contributed by atoms with E-state index in [4.69, 9.17) is 29.4 Å². The number of hydrogen-bond acceptors (Lipinski definition) is 8. The summed E-state index contributed by atoms with van der Waals surface area (Å²) < 4.78 is 48.3. The van der Waals surface area contributed by atoms with Crippen molar-refractivity contribution >= 4 is 105 Å². The van der Waals surface area contributed by atoms with E-state index < -0.39 is 59.4 Å². The van der Waals surface area contributed by atoms with Gasteiger partial charge < -0.3 is 26.6 Å². The van der Waals surface area contributed by atoms with Crippen LogP contribution in [-0.2, 0) is 29.4 Å². The fourth-order valence-electron chi connectivity index (χ4n) is 2.94. The van der Waals surface area contributed by atoms with Gasteiger partial charge in [0.2, 0.25) is 19.1 Å². The minimum Gasteiger partial charge on any atom is -0.542 e. The molecule has 0 spiro atoms. The summed E-state index contributed by atoms with van der Waals surface area (Å²) in [5, 5.41) is 0. The molecule has 0 heterocycles. The fourth-order valence-corrected chi connectivity index (χ4v) is 25.2. The Bertz CT molecular complexity index is 374. The predicted octanol–water partition coefficient (Wildman–Crippen LogP) is 6.98. The van der Waals surface area contributed by atoms with Crippen molar-refractivity contribution in [2.75, 3.05) is 39.6 Å². The molecule has 0 aliphatic carbocycles. The number of rotatable bonds is 26. The molecule has 252 valence electrons. The normalized spacial score (nSPS) is 10.4. The van der Waals surface area contributed by atoms with Gasteiger partial charge in [-0.2, -0.15) is 0 Å². The van der Waals surface area contributed by atoms with E-state index in [1.165, 1.54) is 69.1 Å². The second-order valence-corrected chi connectivity index (χ2v) is 33.8. The summed E-state index contributed by atoms with van der Waals surface area (Å²) in [4.78, 5) is 0. The summed E-state index contributed by atoms with van der Waals surface area (Å²) >= 11 is -0.334. The van der Waals surface area contributed by atoms with Gasteiger partial charge in [-0.15, -0.1) is 0 Å². The molecule has 0 N–H and O–H groups in total. The van der Waals surface area contributed by atoms with Gasteiger partial charge in [0.05, 0.1) is 0 Å². The number of hydrogen-bond donors (Lipinski definition) is 0. The third kappa shape index (κ3) is 45.4. The van der Waals surface area contributed by atoms with E-state index in [1.807, 2.05) is 41.5 Å². The van der Waals surface area contributed by atoms with Crippen molar-refractivity contribution in [3.63, 3.8) is 0 Å². The standard InChI is InChI=1S/2C6H15O3Si.4C4H9.2O.4Sn.2H/c2*1-4-7-10(8-5-2)9-6-3;4*1-3-4-2;;;;;;;;/h2*4-6H2,1-3H3;4*1,3-4H2,2H3;;;;;;;;/q2*-1;;;;;;;;;2*+1;;. The molecule has 4 radical (unpaired) electrons. The molecule has 0 aromatic carbocycles. The molecule has 14 heteroatoms. The Labute approximate surface area is 309 Å². The van der Waals surface area contributed by atoms with Gasteiger partial charge >= 0.3 is 186 Å². The smallest absolute Gasteiger partial charge is 0.215 e. The number of unbranched alkanes of at least 4 members (excludes halogenated alkanes) is 4. The Hall–Kier alpha value is 3.31. The minimum absolute atomic E-state index is 0.661. The van der Waals surface area contributed by atoms with Crippen LogP contribution in [0.3, 0.4) is 0 Å². The van der Waals surface area contributed by atoms with Crippen molar-refractivity contribution in [2.24, 2.45) is 0 Å². The molecule has 0 atom stereocenters. The zero-order valence-electron chi connectivity index (χ0n) is 29.1. The van der Waals surface area contributed by atoms with Gasteiger partial charge in [-0.3, -0.25) is 0 Å². The zero-order valence-corrected chi connectivity index (χ0v) is 43.4. The molecule has 8 nitrogen and oxygen atoms in total. The van der Waals surface area contributed by atoms with Gasteiger partial charge in [-0.25, -0.2) is 0 Å². The second-order valence-electron chi connectivity index (χ2n) is 8.83. The summed E-state index contributed by atoms with van der Waals surface area (Å²) in [5.41, 5.74) is 0. The molecule has 0 aromatic rings. The Balaban J connectivity index is -0.000000229. The summed E-state index contributed by atoms with van der Waals surface area (Å²) in [7, 11) is -2.79. The summed E-state index contributed by atoms with van der Waals surface area (Å²) in [6.07, 6.45) is 11.1. The van der Waals surface area contributed by atoms with Crippen LogP contribution in [0.15, 0.2) is 0 Å². The predicted molar refractivity (Wildman–Crippen MR) is 188 cm³/mol. The minimum atomic E-state index is -1.40. The van der Waals surface area contributed by atoms with Gasteiger partial charge in [0.15, 0.2) is 0 Å². The van der Waals surface area contributed by atoms with Crippen LogP contribution in [0, 0.1) is 0 Å². The first-order valence-electron chi connectivity index (χ1n) is 16.3. The van der Waals surface area contributed by atoms with Gasteiger partial charge in [0.1, 0.15) is 0 Å². The second kappa shape index (κ2) is 48.7. The van der Waals surface area contributed by atoms with Crippen molar-refractivity contribution in [3.8, 4) is 0 Å². The molecule has 0 fully saturated rings. The topological polar surface area (TPSA) is 73.8 Å². The van der Waals surface area contributed by atoms with Crippen molar-refractivity contribution in [3.05, 3.63) is 0 Å². The van der Waals surface area contributed by atoms with E-state index in [0.717, 1.165) is 45.9 Å². The summed E-state index contributed by atoms with van der Waals surface area (Å²) in [6.45, 7) is 24.6. The first kappa shape index (κ1) is 52.1. The third-order valence-electron chi connectivity index (χ3n) is 5.14. The average molecular weight is 1060 g/mol. The van der Waals surface area contributed by atoms with Gasteiger partial charge in [-0.1, -0.05) is 0 Å². The van der Waals surface area contributed by atoms with E-state index >= 15 is 0 Å². The van der Waals surface area contributed by atoms with Crippen molar-refractivity contribution in [1.82, 2.24) is 0 Å². The molecule has 0 saturated heterocycles. The molecule has 0 unspecified atom stereocenters. The van der Waals surface area contributed by atoms with Crippen molar-refractivity contribution in [1.29, 1.82) is 0 Å². The van der Waals surface area contributed by atoms with E-state index in [9.17, 15) is 0 Å².